The lowest BCUT2D eigenvalue weighted by atomic mass is 10.1. The summed E-state index contributed by atoms with van der Waals surface area (Å²) in [6, 6.07) is 12.4. The van der Waals surface area contributed by atoms with Crippen molar-refractivity contribution >= 4 is 10.9 Å². The van der Waals surface area contributed by atoms with E-state index in [0.29, 0.717) is 0 Å². The summed E-state index contributed by atoms with van der Waals surface area (Å²) in [6.45, 7) is 3.56. The molecule has 92 valence electrons. The van der Waals surface area contributed by atoms with Crippen LogP contribution < -0.4 is 5.32 Å². The summed E-state index contributed by atoms with van der Waals surface area (Å²) in [5.74, 6) is 1.94. The molecule has 0 bridgehead atoms. The number of aromatic nitrogens is 1. The van der Waals surface area contributed by atoms with Crippen LogP contribution in [0.25, 0.3) is 10.9 Å². The zero-order valence-electron chi connectivity index (χ0n) is 10.4. The molecule has 0 atom stereocenters. The van der Waals surface area contributed by atoms with E-state index in [-0.39, 0.29) is 0 Å². The molecule has 3 aromatic rings. The Morgan fingerprint density at radius 3 is 2.89 bits per heavy atom. The van der Waals surface area contributed by atoms with Crippen LogP contribution in [0.2, 0.25) is 0 Å². The standard InChI is InChI=1S/C15H16N2O/c1-11-5-6-13(18-11)10-16-9-12-3-2-4-15-14(12)7-8-17-15/h2-8,16-17H,9-10H2,1H3. The number of furan rings is 1. The lowest BCUT2D eigenvalue weighted by Gasteiger charge is -2.04. The Labute approximate surface area is 106 Å². The molecule has 3 heteroatoms. The molecular formula is C15H16N2O. The largest absolute Gasteiger partial charge is 0.465 e. The van der Waals surface area contributed by atoms with Crippen LogP contribution >= 0.6 is 0 Å². The molecule has 2 N–H and O–H groups in total. The SMILES string of the molecule is Cc1ccc(CNCc2cccc3[nH]ccc23)o1. The Hall–Kier alpha value is -2.00. The molecule has 0 saturated heterocycles. The van der Waals surface area contributed by atoms with Gasteiger partial charge in [0.1, 0.15) is 11.5 Å². The highest BCUT2D eigenvalue weighted by Gasteiger charge is 2.02. The molecule has 0 amide bonds. The lowest BCUT2D eigenvalue weighted by Crippen LogP contribution is -2.12. The summed E-state index contributed by atoms with van der Waals surface area (Å²) in [7, 11) is 0. The molecule has 3 rings (SSSR count). The maximum atomic E-state index is 5.53. The molecule has 0 fully saturated rings. The van der Waals surface area contributed by atoms with Crippen LogP contribution in [-0.2, 0) is 13.1 Å². The van der Waals surface area contributed by atoms with Crippen molar-refractivity contribution in [3.63, 3.8) is 0 Å². The van der Waals surface area contributed by atoms with Crippen molar-refractivity contribution in [2.75, 3.05) is 0 Å². The highest BCUT2D eigenvalue weighted by molar-refractivity contribution is 5.82. The average Bonchev–Trinajstić information content (AvgIpc) is 2.98. The fourth-order valence-electron chi connectivity index (χ4n) is 2.21. The van der Waals surface area contributed by atoms with E-state index in [2.05, 4.69) is 34.6 Å². The maximum absolute atomic E-state index is 5.53. The van der Waals surface area contributed by atoms with Crippen LogP contribution in [0, 0.1) is 6.92 Å². The molecule has 0 aliphatic rings. The summed E-state index contributed by atoms with van der Waals surface area (Å²) in [5.41, 5.74) is 2.49. The zero-order valence-corrected chi connectivity index (χ0v) is 10.4. The molecule has 0 radical (unpaired) electrons. The smallest absolute Gasteiger partial charge is 0.117 e. The normalized spacial score (nSPS) is 11.2. The second kappa shape index (κ2) is 4.70. The van der Waals surface area contributed by atoms with Gasteiger partial charge < -0.3 is 14.7 Å². The topological polar surface area (TPSA) is 41.0 Å². The van der Waals surface area contributed by atoms with E-state index in [1.165, 1.54) is 16.5 Å². The first-order valence-electron chi connectivity index (χ1n) is 6.14. The monoisotopic (exact) mass is 240 g/mol. The zero-order chi connectivity index (χ0) is 12.4. The first-order chi connectivity index (χ1) is 8.83. The van der Waals surface area contributed by atoms with E-state index in [0.717, 1.165) is 24.6 Å². The van der Waals surface area contributed by atoms with Gasteiger partial charge in [-0.1, -0.05) is 12.1 Å². The van der Waals surface area contributed by atoms with Crippen molar-refractivity contribution in [3.8, 4) is 0 Å². The summed E-state index contributed by atoms with van der Waals surface area (Å²) >= 11 is 0. The molecule has 0 aliphatic carbocycles. The number of fused-ring (bicyclic) bond motifs is 1. The van der Waals surface area contributed by atoms with E-state index in [4.69, 9.17) is 4.42 Å². The Morgan fingerprint density at radius 2 is 2.06 bits per heavy atom. The molecule has 0 saturated carbocycles. The fraction of sp³-hybridized carbons (Fsp3) is 0.200. The van der Waals surface area contributed by atoms with Crippen LogP contribution in [0.4, 0.5) is 0 Å². The van der Waals surface area contributed by atoms with Crippen molar-refractivity contribution in [1.82, 2.24) is 10.3 Å². The Balaban J connectivity index is 1.68. The van der Waals surface area contributed by atoms with E-state index in [1.54, 1.807) is 0 Å². The number of hydrogen-bond acceptors (Lipinski definition) is 2. The van der Waals surface area contributed by atoms with E-state index >= 15 is 0 Å². The first-order valence-corrected chi connectivity index (χ1v) is 6.14. The second-order valence-corrected chi connectivity index (χ2v) is 4.47. The van der Waals surface area contributed by atoms with Gasteiger partial charge in [0, 0.05) is 23.6 Å². The molecule has 2 aromatic heterocycles. The van der Waals surface area contributed by atoms with Gasteiger partial charge in [0.05, 0.1) is 6.54 Å². The highest BCUT2D eigenvalue weighted by atomic mass is 16.3. The van der Waals surface area contributed by atoms with E-state index in [1.807, 2.05) is 25.3 Å². The predicted octanol–water partition coefficient (Wildman–Crippen LogP) is 3.36. The number of hydrogen-bond donors (Lipinski definition) is 2. The minimum atomic E-state index is 0.759. The van der Waals surface area contributed by atoms with Crippen molar-refractivity contribution in [2.45, 2.75) is 20.0 Å². The van der Waals surface area contributed by atoms with Crippen molar-refractivity contribution in [1.29, 1.82) is 0 Å². The van der Waals surface area contributed by atoms with Gasteiger partial charge in [0.2, 0.25) is 0 Å². The molecular weight excluding hydrogens is 224 g/mol. The molecule has 0 aliphatic heterocycles. The molecule has 3 nitrogen and oxygen atoms in total. The van der Waals surface area contributed by atoms with Gasteiger partial charge in [0.15, 0.2) is 0 Å². The van der Waals surface area contributed by atoms with Crippen LogP contribution in [0.1, 0.15) is 17.1 Å². The first kappa shape index (κ1) is 11.1. The number of H-pyrrole nitrogens is 1. The fourth-order valence-corrected chi connectivity index (χ4v) is 2.21. The van der Waals surface area contributed by atoms with Gasteiger partial charge in [0.25, 0.3) is 0 Å². The Bertz CT molecular complexity index is 651. The maximum Gasteiger partial charge on any atom is 0.117 e. The van der Waals surface area contributed by atoms with Gasteiger partial charge >= 0.3 is 0 Å². The van der Waals surface area contributed by atoms with Gasteiger partial charge in [-0.05, 0) is 36.8 Å². The Kier molecular flexibility index (Phi) is 2.90. The van der Waals surface area contributed by atoms with E-state index < -0.39 is 0 Å². The molecule has 2 heterocycles. The molecule has 18 heavy (non-hydrogen) atoms. The van der Waals surface area contributed by atoms with Crippen LogP contribution in [0.3, 0.4) is 0 Å². The van der Waals surface area contributed by atoms with Gasteiger partial charge in [-0.15, -0.1) is 0 Å². The van der Waals surface area contributed by atoms with E-state index in [9.17, 15) is 0 Å². The highest BCUT2D eigenvalue weighted by Crippen LogP contribution is 2.17. The van der Waals surface area contributed by atoms with Gasteiger partial charge in [-0.25, -0.2) is 0 Å². The van der Waals surface area contributed by atoms with Crippen LogP contribution in [0.5, 0.6) is 0 Å². The third-order valence-corrected chi connectivity index (χ3v) is 3.10. The molecule has 0 unspecified atom stereocenters. The summed E-state index contributed by atoms with van der Waals surface area (Å²) < 4.78 is 5.53. The second-order valence-electron chi connectivity index (χ2n) is 4.47. The van der Waals surface area contributed by atoms with Crippen molar-refractivity contribution in [2.24, 2.45) is 0 Å². The third kappa shape index (κ3) is 2.17. The predicted molar refractivity (Wildman–Crippen MR) is 72.3 cm³/mol. The number of aromatic amines is 1. The summed E-state index contributed by atoms with van der Waals surface area (Å²) in [6.07, 6.45) is 1.98. The van der Waals surface area contributed by atoms with Crippen molar-refractivity contribution < 1.29 is 4.42 Å². The number of benzene rings is 1. The third-order valence-electron chi connectivity index (χ3n) is 3.10. The van der Waals surface area contributed by atoms with Crippen molar-refractivity contribution in [3.05, 3.63) is 59.7 Å². The number of nitrogens with one attached hydrogen (secondary N) is 2. The minimum absolute atomic E-state index is 0.759. The number of rotatable bonds is 4. The number of aryl methyl sites for hydroxylation is 1. The average molecular weight is 240 g/mol. The van der Waals surface area contributed by atoms with Gasteiger partial charge in [-0.2, -0.15) is 0 Å². The molecule has 0 spiro atoms. The quantitative estimate of drug-likeness (QED) is 0.734. The minimum Gasteiger partial charge on any atom is -0.465 e. The summed E-state index contributed by atoms with van der Waals surface area (Å²) in [4.78, 5) is 3.23. The lowest BCUT2D eigenvalue weighted by molar-refractivity contribution is 0.462. The Morgan fingerprint density at radius 1 is 1.11 bits per heavy atom. The van der Waals surface area contributed by atoms with Gasteiger partial charge in [-0.3, -0.25) is 0 Å². The van der Waals surface area contributed by atoms with Crippen LogP contribution in [0.15, 0.2) is 47.0 Å². The summed E-state index contributed by atoms with van der Waals surface area (Å²) in [5, 5.41) is 4.68. The molecule has 1 aromatic carbocycles. The van der Waals surface area contributed by atoms with Crippen LogP contribution in [-0.4, -0.2) is 4.98 Å².